The van der Waals surface area contributed by atoms with Crippen molar-refractivity contribution < 1.29 is 9.90 Å². The maximum absolute atomic E-state index is 10.9. The minimum absolute atomic E-state index is 0.193. The van der Waals surface area contributed by atoms with Crippen molar-refractivity contribution in [2.75, 3.05) is 0 Å². The molecule has 0 fully saturated rings. The summed E-state index contributed by atoms with van der Waals surface area (Å²) in [5, 5.41) is 8.91. The van der Waals surface area contributed by atoms with E-state index in [2.05, 4.69) is 9.97 Å². The van der Waals surface area contributed by atoms with Crippen molar-refractivity contribution >= 4 is 17.1 Å². The maximum Gasteiger partial charge on any atom is 0.339 e. The lowest BCUT2D eigenvalue weighted by molar-refractivity contribution is 0.0698. The van der Waals surface area contributed by atoms with E-state index in [0.29, 0.717) is 16.9 Å². The Bertz CT molecular complexity index is 516. The smallest absolute Gasteiger partial charge is 0.339 e. The van der Waals surface area contributed by atoms with E-state index in [9.17, 15) is 4.79 Å². The number of hydrogen-bond acceptors (Lipinski definition) is 3. The number of rotatable bonds is 1. The molecule has 1 N–H and O–H groups in total. The second-order valence-electron chi connectivity index (χ2n) is 3.14. The normalized spacial score (nSPS) is 10.7. The van der Waals surface area contributed by atoms with Gasteiger partial charge in [0.1, 0.15) is 11.1 Å². The molecule has 2 aromatic heterocycles. The Hall–Kier alpha value is -1.91. The summed E-state index contributed by atoms with van der Waals surface area (Å²) in [5.74, 6) is -0.976. The van der Waals surface area contributed by atoms with Gasteiger partial charge in [0, 0.05) is 13.2 Å². The summed E-state index contributed by atoms with van der Waals surface area (Å²) < 4.78 is 1.66. The van der Waals surface area contributed by atoms with E-state index in [4.69, 9.17) is 5.11 Å². The molecule has 2 rings (SSSR count). The third-order valence-electron chi connectivity index (χ3n) is 2.02. The van der Waals surface area contributed by atoms with Crippen LogP contribution in [0.5, 0.6) is 0 Å². The van der Waals surface area contributed by atoms with Crippen LogP contribution in [-0.2, 0) is 7.05 Å². The second kappa shape index (κ2) is 2.80. The number of hydrogen-bond donors (Lipinski definition) is 1. The van der Waals surface area contributed by atoms with Gasteiger partial charge >= 0.3 is 5.97 Å². The summed E-state index contributed by atoms with van der Waals surface area (Å²) in [6.45, 7) is 1.78. The first kappa shape index (κ1) is 8.68. The van der Waals surface area contributed by atoms with Crippen LogP contribution in [0.15, 0.2) is 12.4 Å². The fraction of sp³-hybridized carbons (Fsp3) is 0.222. The van der Waals surface area contributed by atoms with Gasteiger partial charge in [0.2, 0.25) is 0 Å². The Kier molecular flexibility index (Phi) is 1.73. The van der Waals surface area contributed by atoms with E-state index in [1.54, 1.807) is 24.7 Å². The third-order valence-corrected chi connectivity index (χ3v) is 2.02. The third kappa shape index (κ3) is 1.14. The highest BCUT2D eigenvalue weighted by Gasteiger charge is 2.14. The van der Waals surface area contributed by atoms with Gasteiger partial charge in [-0.25, -0.2) is 14.8 Å². The molecule has 2 heterocycles. The van der Waals surface area contributed by atoms with Gasteiger partial charge in [-0.1, -0.05) is 0 Å². The first-order valence-corrected chi connectivity index (χ1v) is 4.11. The summed E-state index contributed by atoms with van der Waals surface area (Å²) in [5.41, 5.74) is 1.94. The van der Waals surface area contributed by atoms with Crippen LogP contribution >= 0.6 is 0 Å². The Morgan fingerprint density at radius 1 is 1.57 bits per heavy atom. The van der Waals surface area contributed by atoms with Crippen LogP contribution in [0.1, 0.15) is 16.1 Å². The fourth-order valence-electron chi connectivity index (χ4n) is 1.38. The number of aromatic nitrogens is 3. The fourth-order valence-corrected chi connectivity index (χ4v) is 1.38. The van der Waals surface area contributed by atoms with E-state index in [0.717, 1.165) is 0 Å². The Balaban J connectivity index is 2.85. The zero-order valence-corrected chi connectivity index (χ0v) is 7.85. The molecule has 0 aliphatic rings. The lowest BCUT2D eigenvalue weighted by Crippen LogP contribution is -1.96. The van der Waals surface area contributed by atoms with Crippen molar-refractivity contribution in [3.8, 4) is 0 Å². The summed E-state index contributed by atoms with van der Waals surface area (Å²) >= 11 is 0. The minimum Gasteiger partial charge on any atom is -0.478 e. The summed E-state index contributed by atoms with van der Waals surface area (Å²) in [6, 6.07) is 0. The van der Waals surface area contributed by atoms with Gasteiger partial charge in [0.05, 0.1) is 11.9 Å². The topological polar surface area (TPSA) is 68.0 Å². The number of fused-ring (bicyclic) bond motifs is 1. The molecular weight excluding hydrogens is 182 g/mol. The SMILES string of the molecule is Cc1cnc2c(n1)c(C(=O)O)cn2C. The molecule has 0 amide bonds. The zero-order valence-electron chi connectivity index (χ0n) is 7.85. The molecule has 0 aliphatic heterocycles. The Morgan fingerprint density at radius 2 is 2.29 bits per heavy atom. The quantitative estimate of drug-likeness (QED) is 0.729. The van der Waals surface area contributed by atoms with Crippen molar-refractivity contribution in [3.05, 3.63) is 23.7 Å². The largest absolute Gasteiger partial charge is 0.478 e. The van der Waals surface area contributed by atoms with Gasteiger partial charge in [0.25, 0.3) is 0 Å². The number of carboxylic acids is 1. The van der Waals surface area contributed by atoms with Crippen LogP contribution in [-0.4, -0.2) is 25.6 Å². The van der Waals surface area contributed by atoms with Gasteiger partial charge in [-0.15, -0.1) is 0 Å². The molecule has 2 aromatic rings. The van der Waals surface area contributed by atoms with E-state index in [1.807, 2.05) is 0 Å². The van der Waals surface area contributed by atoms with Gasteiger partial charge in [-0.2, -0.15) is 0 Å². The molecule has 0 aromatic carbocycles. The predicted octanol–water partition coefficient (Wildman–Crippen LogP) is 0.975. The van der Waals surface area contributed by atoms with Crippen molar-refractivity contribution in [3.63, 3.8) is 0 Å². The van der Waals surface area contributed by atoms with E-state index < -0.39 is 5.97 Å². The van der Waals surface area contributed by atoms with Crippen molar-refractivity contribution in [1.82, 2.24) is 14.5 Å². The predicted molar refractivity (Wildman–Crippen MR) is 50.2 cm³/mol. The van der Waals surface area contributed by atoms with Gasteiger partial charge in [0.15, 0.2) is 5.65 Å². The van der Waals surface area contributed by atoms with E-state index in [-0.39, 0.29) is 5.56 Å². The molecule has 0 bridgehead atoms. The van der Waals surface area contributed by atoms with Gasteiger partial charge in [-0.3, -0.25) is 0 Å². The number of carboxylic acid groups (broad SMARTS) is 1. The number of aryl methyl sites for hydroxylation is 2. The standard InChI is InChI=1S/C9H9N3O2/c1-5-3-10-8-7(11-5)6(9(13)14)4-12(8)2/h3-4H,1-2H3,(H,13,14). The van der Waals surface area contributed by atoms with Crippen LogP contribution in [0.2, 0.25) is 0 Å². The molecule has 72 valence electrons. The lowest BCUT2D eigenvalue weighted by atomic mass is 10.3. The summed E-state index contributed by atoms with van der Waals surface area (Å²) in [7, 11) is 1.75. The molecular formula is C9H9N3O2. The molecule has 0 atom stereocenters. The van der Waals surface area contributed by atoms with Gasteiger partial charge in [-0.05, 0) is 6.92 Å². The van der Waals surface area contributed by atoms with E-state index in [1.165, 1.54) is 6.20 Å². The summed E-state index contributed by atoms with van der Waals surface area (Å²) in [4.78, 5) is 19.1. The molecule has 5 heteroatoms. The van der Waals surface area contributed by atoms with Crippen LogP contribution in [0, 0.1) is 6.92 Å². The highest BCUT2D eigenvalue weighted by atomic mass is 16.4. The summed E-state index contributed by atoms with van der Waals surface area (Å²) in [6.07, 6.45) is 3.14. The van der Waals surface area contributed by atoms with Gasteiger partial charge < -0.3 is 9.67 Å². The highest BCUT2D eigenvalue weighted by molar-refractivity contribution is 6.00. The monoisotopic (exact) mass is 191 g/mol. The van der Waals surface area contributed by atoms with Crippen LogP contribution in [0.4, 0.5) is 0 Å². The lowest BCUT2D eigenvalue weighted by Gasteiger charge is -1.94. The number of aromatic carboxylic acids is 1. The van der Waals surface area contributed by atoms with Crippen molar-refractivity contribution in [2.45, 2.75) is 6.92 Å². The molecule has 0 spiro atoms. The zero-order chi connectivity index (χ0) is 10.3. The molecule has 0 saturated heterocycles. The Morgan fingerprint density at radius 3 is 2.93 bits per heavy atom. The Labute approximate surface area is 80.0 Å². The molecule has 0 unspecified atom stereocenters. The van der Waals surface area contributed by atoms with E-state index >= 15 is 0 Å². The first-order chi connectivity index (χ1) is 6.59. The van der Waals surface area contributed by atoms with Crippen molar-refractivity contribution in [1.29, 1.82) is 0 Å². The molecule has 0 aliphatic carbocycles. The van der Waals surface area contributed by atoms with Crippen LogP contribution in [0.25, 0.3) is 11.2 Å². The molecule has 5 nitrogen and oxygen atoms in total. The second-order valence-corrected chi connectivity index (χ2v) is 3.14. The number of carbonyl (C=O) groups is 1. The average molecular weight is 191 g/mol. The van der Waals surface area contributed by atoms with Crippen LogP contribution in [0.3, 0.4) is 0 Å². The van der Waals surface area contributed by atoms with Crippen molar-refractivity contribution in [2.24, 2.45) is 7.05 Å². The minimum atomic E-state index is -0.976. The average Bonchev–Trinajstić information content (AvgIpc) is 2.43. The van der Waals surface area contributed by atoms with Crippen LogP contribution < -0.4 is 0 Å². The maximum atomic E-state index is 10.9. The molecule has 0 saturated carbocycles. The highest BCUT2D eigenvalue weighted by Crippen LogP contribution is 2.16. The molecule has 14 heavy (non-hydrogen) atoms. The first-order valence-electron chi connectivity index (χ1n) is 4.11. The number of nitrogens with zero attached hydrogens (tertiary/aromatic N) is 3. The molecule has 0 radical (unpaired) electrons.